The van der Waals surface area contributed by atoms with Crippen molar-refractivity contribution < 1.29 is 28.9 Å². The molecule has 1 aromatic heterocycles. The summed E-state index contributed by atoms with van der Waals surface area (Å²) in [6.45, 7) is 4.15. The lowest BCUT2D eigenvalue weighted by Gasteiger charge is -2.26. The molecule has 0 saturated heterocycles. The normalized spacial score (nSPS) is 14.5. The molecule has 0 fully saturated rings. The third-order valence-electron chi connectivity index (χ3n) is 7.13. The van der Waals surface area contributed by atoms with E-state index in [2.05, 4.69) is 0 Å². The lowest BCUT2D eigenvalue weighted by molar-refractivity contribution is -0.139. The molecule has 1 aliphatic rings. The second kappa shape index (κ2) is 13.6. The van der Waals surface area contributed by atoms with Gasteiger partial charge in [-0.2, -0.15) is 0 Å². The van der Waals surface area contributed by atoms with Gasteiger partial charge in [0.2, 0.25) is 0 Å². The lowest BCUT2D eigenvalue weighted by atomic mass is 9.93. The molecule has 3 aromatic carbocycles. The Labute approximate surface area is 258 Å². The molecule has 5 rings (SSSR count). The Hall–Kier alpha value is -4.96. The summed E-state index contributed by atoms with van der Waals surface area (Å²) in [4.78, 5) is 44.0. The zero-order valence-corrected chi connectivity index (χ0v) is 25.4. The predicted octanol–water partition coefficient (Wildman–Crippen LogP) is 4.86. The Kier molecular flexibility index (Phi) is 9.40. The minimum atomic E-state index is -0.992. The van der Waals surface area contributed by atoms with Gasteiger partial charge in [-0.25, -0.2) is 14.6 Å². The fourth-order valence-corrected chi connectivity index (χ4v) is 6.10. The Morgan fingerprint density at radius 2 is 1.70 bits per heavy atom. The second-order valence-corrected chi connectivity index (χ2v) is 11.0. The molecule has 1 atom stereocenters. The smallest absolute Gasteiger partial charge is 0.338 e. The van der Waals surface area contributed by atoms with Gasteiger partial charge in [-0.05, 0) is 49.2 Å². The summed E-state index contributed by atoms with van der Waals surface area (Å²) in [7, 11) is 1.56. The highest BCUT2D eigenvalue weighted by Crippen LogP contribution is 2.36. The Balaban J connectivity index is 1.61. The van der Waals surface area contributed by atoms with Crippen molar-refractivity contribution in [3.63, 3.8) is 0 Å². The number of nitrogens with zero attached hydrogens (tertiary/aromatic N) is 2. The van der Waals surface area contributed by atoms with E-state index < -0.39 is 18.0 Å². The molecular formula is C34H32N2O7S. The molecule has 10 heteroatoms. The van der Waals surface area contributed by atoms with E-state index >= 15 is 0 Å². The number of aromatic carboxylic acids is 1. The van der Waals surface area contributed by atoms with Gasteiger partial charge in [0.25, 0.3) is 5.56 Å². The number of thiazole rings is 1. The van der Waals surface area contributed by atoms with Gasteiger partial charge >= 0.3 is 11.9 Å². The van der Waals surface area contributed by atoms with Crippen LogP contribution in [0.4, 0.5) is 0 Å². The summed E-state index contributed by atoms with van der Waals surface area (Å²) in [5.41, 5.74) is 2.96. The number of esters is 1. The van der Waals surface area contributed by atoms with E-state index in [-0.39, 0.29) is 24.3 Å². The molecule has 0 aliphatic carbocycles. The lowest BCUT2D eigenvalue weighted by Crippen LogP contribution is -2.40. The summed E-state index contributed by atoms with van der Waals surface area (Å²) >= 11 is 1.24. The highest BCUT2D eigenvalue weighted by Gasteiger charge is 2.35. The van der Waals surface area contributed by atoms with Crippen LogP contribution in [0.25, 0.3) is 6.08 Å². The van der Waals surface area contributed by atoms with Crippen molar-refractivity contribution in [2.24, 2.45) is 4.99 Å². The Bertz CT molecular complexity index is 1900. The molecule has 0 saturated carbocycles. The number of methoxy groups -OCH3 is 1. The van der Waals surface area contributed by atoms with Crippen LogP contribution in [-0.4, -0.2) is 35.3 Å². The summed E-state index contributed by atoms with van der Waals surface area (Å²) in [5, 5.41) is 9.16. The van der Waals surface area contributed by atoms with E-state index in [1.165, 1.54) is 23.5 Å². The number of carbonyl (C=O) groups excluding carboxylic acids is 1. The van der Waals surface area contributed by atoms with E-state index in [0.717, 1.165) is 12.0 Å². The van der Waals surface area contributed by atoms with Crippen molar-refractivity contribution in [2.75, 3.05) is 13.7 Å². The number of rotatable bonds is 11. The molecular weight excluding hydrogens is 580 g/mol. The van der Waals surface area contributed by atoms with Gasteiger partial charge < -0.3 is 19.3 Å². The largest absolute Gasteiger partial charge is 0.496 e. The van der Waals surface area contributed by atoms with Crippen LogP contribution in [0.1, 0.15) is 59.8 Å². The van der Waals surface area contributed by atoms with Crippen LogP contribution < -0.4 is 24.4 Å². The van der Waals surface area contributed by atoms with Gasteiger partial charge in [-0.3, -0.25) is 9.36 Å². The van der Waals surface area contributed by atoms with E-state index in [1.54, 1.807) is 42.9 Å². The number of benzene rings is 3. The van der Waals surface area contributed by atoms with E-state index in [1.807, 2.05) is 49.4 Å². The minimum absolute atomic E-state index is 0.186. The summed E-state index contributed by atoms with van der Waals surface area (Å²) in [6, 6.07) is 20.4. The third-order valence-corrected chi connectivity index (χ3v) is 8.11. The molecule has 1 aliphatic heterocycles. The average molecular weight is 613 g/mol. The van der Waals surface area contributed by atoms with Crippen molar-refractivity contribution in [2.45, 2.75) is 39.3 Å². The second-order valence-electron chi connectivity index (χ2n) is 9.98. The number of ether oxygens (including phenoxy) is 3. The van der Waals surface area contributed by atoms with Gasteiger partial charge in [0.1, 0.15) is 24.1 Å². The van der Waals surface area contributed by atoms with Gasteiger partial charge in [-0.1, -0.05) is 73.2 Å². The predicted molar refractivity (Wildman–Crippen MR) is 167 cm³/mol. The molecule has 0 radical (unpaired) electrons. The third kappa shape index (κ3) is 6.21. The van der Waals surface area contributed by atoms with Crippen LogP contribution in [0, 0.1) is 0 Å². The Morgan fingerprint density at radius 1 is 1.00 bits per heavy atom. The van der Waals surface area contributed by atoms with Crippen molar-refractivity contribution in [1.29, 1.82) is 0 Å². The van der Waals surface area contributed by atoms with Gasteiger partial charge in [0.05, 0.1) is 35.1 Å². The van der Waals surface area contributed by atoms with Gasteiger partial charge in [0.15, 0.2) is 4.80 Å². The maximum atomic E-state index is 14.1. The molecule has 1 N–H and O–H groups in total. The van der Waals surface area contributed by atoms with Crippen LogP contribution in [0.5, 0.6) is 11.5 Å². The zero-order valence-electron chi connectivity index (χ0n) is 24.6. The van der Waals surface area contributed by atoms with Crippen molar-refractivity contribution in [1.82, 2.24) is 4.57 Å². The molecule has 4 aromatic rings. The van der Waals surface area contributed by atoms with Crippen molar-refractivity contribution >= 4 is 29.4 Å². The molecule has 2 heterocycles. The van der Waals surface area contributed by atoms with E-state index in [0.29, 0.717) is 49.7 Å². The number of para-hydroxylation sites is 2. The summed E-state index contributed by atoms with van der Waals surface area (Å²) in [6.07, 6.45) is 3.05. The molecule has 9 nitrogen and oxygen atoms in total. The maximum absolute atomic E-state index is 14.1. The molecule has 0 spiro atoms. The molecule has 0 unspecified atom stereocenters. The highest BCUT2D eigenvalue weighted by molar-refractivity contribution is 7.07. The SMILES string of the molecule is CCCC1=C(C(=O)OCC)[C@H](c2ccccc2OC)n2c(s/c(=C\c3ccccc3OCc3ccc(C(=O)O)cc3)c2=O)=N1. The fourth-order valence-electron chi connectivity index (χ4n) is 5.08. The van der Waals surface area contributed by atoms with Crippen LogP contribution in [0.2, 0.25) is 0 Å². The number of fused-ring (bicyclic) bond motifs is 1. The van der Waals surface area contributed by atoms with Crippen LogP contribution >= 0.6 is 11.3 Å². The van der Waals surface area contributed by atoms with Crippen LogP contribution in [0.3, 0.4) is 0 Å². The number of carboxylic acid groups (broad SMARTS) is 1. The standard InChI is InChI=1S/C34H32N2O7S/c1-4-10-25-29(33(40)42-5-2)30(24-12-7-9-14-27(24)41-3)36-31(37)28(44-34(36)35-25)19-23-11-6-8-13-26(23)43-20-21-15-17-22(18-16-21)32(38)39/h6-9,11-19,30H,4-5,10,20H2,1-3H3,(H,38,39)/b28-19-/t30-/m0/s1. The van der Waals surface area contributed by atoms with Gasteiger partial charge in [-0.15, -0.1) is 0 Å². The maximum Gasteiger partial charge on any atom is 0.338 e. The first kappa shape index (κ1) is 30.5. The molecule has 0 amide bonds. The number of hydrogen-bond donors (Lipinski definition) is 1. The molecule has 44 heavy (non-hydrogen) atoms. The van der Waals surface area contributed by atoms with Gasteiger partial charge in [0, 0.05) is 11.1 Å². The molecule has 226 valence electrons. The topological polar surface area (TPSA) is 116 Å². The van der Waals surface area contributed by atoms with E-state index in [4.69, 9.17) is 24.3 Å². The highest BCUT2D eigenvalue weighted by atomic mass is 32.1. The van der Waals surface area contributed by atoms with Crippen LogP contribution in [0.15, 0.2) is 93.9 Å². The number of aromatic nitrogens is 1. The summed E-state index contributed by atoms with van der Waals surface area (Å²) < 4.78 is 19.2. The Morgan fingerprint density at radius 3 is 2.39 bits per heavy atom. The quantitative estimate of drug-likeness (QED) is 0.241. The van der Waals surface area contributed by atoms with Crippen molar-refractivity contribution in [3.05, 3.63) is 126 Å². The number of carboxylic acids is 1. The van der Waals surface area contributed by atoms with Crippen molar-refractivity contribution in [3.8, 4) is 11.5 Å². The number of allylic oxidation sites excluding steroid dienone is 1. The van der Waals surface area contributed by atoms with E-state index in [9.17, 15) is 14.4 Å². The first-order valence-electron chi connectivity index (χ1n) is 14.2. The van der Waals surface area contributed by atoms with Crippen LogP contribution in [-0.2, 0) is 16.1 Å². The zero-order chi connectivity index (χ0) is 31.2. The number of carbonyl (C=O) groups is 2. The molecule has 0 bridgehead atoms. The fraction of sp³-hybridized carbons (Fsp3) is 0.235. The first-order valence-corrected chi connectivity index (χ1v) is 15.1. The monoisotopic (exact) mass is 612 g/mol. The number of hydrogen-bond acceptors (Lipinski definition) is 8. The first-order chi connectivity index (χ1) is 21.4. The average Bonchev–Trinajstić information content (AvgIpc) is 3.34. The summed E-state index contributed by atoms with van der Waals surface area (Å²) in [5.74, 6) is -0.406. The minimum Gasteiger partial charge on any atom is -0.496 e.